The second-order valence-electron chi connectivity index (χ2n) is 3.67. The number of phenolic OH excluding ortho intramolecular Hbond substituents is 1. The van der Waals surface area contributed by atoms with E-state index in [0.29, 0.717) is 0 Å². The number of hydrogen-bond acceptors (Lipinski definition) is 2. The van der Waals surface area contributed by atoms with Gasteiger partial charge < -0.3 is 10.1 Å². The molecular weight excluding hydrogens is 200 g/mol. The molecule has 0 unspecified atom stereocenters. The van der Waals surface area contributed by atoms with E-state index in [1.54, 1.807) is 18.3 Å². The third kappa shape index (κ3) is 1.42. The van der Waals surface area contributed by atoms with Crippen LogP contribution in [0.1, 0.15) is 0 Å². The fraction of sp³-hybridized carbons (Fsp3) is 0. The number of hydrogen-bond donors (Lipinski definition) is 2. The van der Waals surface area contributed by atoms with Crippen LogP contribution in [0.3, 0.4) is 0 Å². The minimum Gasteiger partial charge on any atom is -0.508 e. The fourth-order valence-electron chi connectivity index (χ4n) is 1.79. The molecule has 3 rings (SSSR count). The summed E-state index contributed by atoms with van der Waals surface area (Å²) in [6, 6.07) is 13.1. The van der Waals surface area contributed by atoms with E-state index < -0.39 is 0 Å². The topological polar surface area (TPSA) is 48.9 Å². The highest BCUT2D eigenvalue weighted by atomic mass is 16.3. The highest BCUT2D eigenvalue weighted by Crippen LogP contribution is 2.25. The van der Waals surface area contributed by atoms with E-state index in [4.69, 9.17) is 0 Å². The summed E-state index contributed by atoms with van der Waals surface area (Å²) in [5.41, 5.74) is 2.78. The van der Waals surface area contributed by atoms with E-state index in [-0.39, 0.29) is 5.75 Å². The molecule has 0 saturated carbocycles. The van der Waals surface area contributed by atoms with Gasteiger partial charge in [-0.15, -0.1) is 0 Å². The van der Waals surface area contributed by atoms with Crippen LogP contribution in [0.25, 0.3) is 22.3 Å². The van der Waals surface area contributed by atoms with Crippen LogP contribution in [-0.4, -0.2) is 15.1 Å². The molecule has 0 radical (unpaired) electrons. The molecule has 78 valence electrons. The zero-order valence-electron chi connectivity index (χ0n) is 8.51. The van der Waals surface area contributed by atoms with Crippen LogP contribution in [0.15, 0.2) is 48.7 Å². The van der Waals surface area contributed by atoms with Gasteiger partial charge in [-0.05, 0) is 30.3 Å². The van der Waals surface area contributed by atoms with Gasteiger partial charge in [-0.2, -0.15) is 0 Å². The molecule has 0 saturated heterocycles. The van der Waals surface area contributed by atoms with E-state index >= 15 is 0 Å². The molecular formula is C13H10N2O. The zero-order valence-corrected chi connectivity index (χ0v) is 8.51. The fourth-order valence-corrected chi connectivity index (χ4v) is 1.79. The Morgan fingerprint density at radius 3 is 2.81 bits per heavy atom. The number of nitrogens with zero attached hydrogens (tertiary/aromatic N) is 1. The number of rotatable bonds is 1. The third-order valence-corrected chi connectivity index (χ3v) is 2.55. The lowest BCUT2D eigenvalue weighted by Crippen LogP contribution is -1.77. The highest BCUT2D eigenvalue weighted by molar-refractivity contribution is 5.82. The smallest absolute Gasteiger partial charge is 0.137 e. The van der Waals surface area contributed by atoms with E-state index in [1.807, 2.05) is 30.3 Å². The molecule has 0 amide bonds. The Morgan fingerprint density at radius 1 is 1.06 bits per heavy atom. The number of H-pyrrole nitrogens is 1. The summed E-state index contributed by atoms with van der Waals surface area (Å²) in [5, 5.41) is 10.5. The monoisotopic (exact) mass is 210 g/mol. The number of fused-ring (bicyclic) bond motifs is 1. The van der Waals surface area contributed by atoms with Crippen molar-refractivity contribution in [1.29, 1.82) is 0 Å². The minimum atomic E-state index is 0.268. The summed E-state index contributed by atoms with van der Waals surface area (Å²) >= 11 is 0. The molecule has 16 heavy (non-hydrogen) atoms. The first-order valence-electron chi connectivity index (χ1n) is 5.06. The van der Waals surface area contributed by atoms with Crippen LogP contribution in [0.2, 0.25) is 0 Å². The summed E-state index contributed by atoms with van der Waals surface area (Å²) in [7, 11) is 0. The lowest BCUT2D eigenvalue weighted by molar-refractivity contribution is 0.475. The summed E-state index contributed by atoms with van der Waals surface area (Å²) in [4.78, 5) is 7.45. The molecule has 0 aliphatic heterocycles. The Hall–Kier alpha value is -2.29. The van der Waals surface area contributed by atoms with Gasteiger partial charge >= 0.3 is 0 Å². The predicted octanol–water partition coefficient (Wildman–Crippen LogP) is 2.94. The molecule has 1 aromatic carbocycles. The van der Waals surface area contributed by atoms with Crippen LogP contribution in [-0.2, 0) is 0 Å². The Kier molecular flexibility index (Phi) is 1.90. The normalized spacial score (nSPS) is 10.8. The van der Waals surface area contributed by atoms with E-state index in [9.17, 15) is 5.11 Å². The van der Waals surface area contributed by atoms with Crippen molar-refractivity contribution in [3.63, 3.8) is 0 Å². The minimum absolute atomic E-state index is 0.268. The number of benzene rings is 1. The molecule has 3 heteroatoms. The Morgan fingerprint density at radius 2 is 2.00 bits per heavy atom. The first kappa shape index (κ1) is 8.97. The number of aromatic hydroxyl groups is 1. The molecule has 0 atom stereocenters. The van der Waals surface area contributed by atoms with Crippen LogP contribution < -0.4 is 0 Å². The number of pyridine rings is 1. The van der Waals surface area contributed by atoms with Crippen molar-refractivity contribution >= 4 is 11.0 Å². The maximum atomic E-state index is 9.42. The maximum absolute atomic E-state index is 9.42. The summed E-state index contributed by atoms with van der Waals surface area (Å²) < 4.78 is 0. The third-order valence-electron chi connectivity index (χ3n) is 2.55. The van der Waals surface area contributed by atoms with Gasteiger partial charge in [-0.3, -0.25) is 0 Å². The number of nitrogens with one attached hydrogen (secondary N) is 1. The van der Waals surface area contributed by atoms with Crippen molar-refractivity contribution in [1.82, 2.24) is 9.97 Å². The van der Waals surface area contributed by atoms with Crippen LogP contribution in [0.4, 0.5) is 0 Å². The largest absolute Gasteiger partial charge is 0.508 e. The Balaban J connectivity index is 2.19. The van der Waals surface area contributed by atoms with Gasteiger partial charge in [0.05, 0.1) is 0 Å². The van der Waals surface area contributed by atoms with Crippen molar-refractivity contribution in [3.8, 4) is 17.0 Å². The maximum Gasteiger partial charge on any atom is 0.137 e. The quantitative estimate of drug-likeness (QED) is 0.648. The van der Waals surface area contributed by atoms with Gasteiger partial charge in [-0.25, -0.2) is 4.98 Å². The van der Waals surface area contributed by atoms with Gasteiger partial charge in [-0.1, -0.05) is 12.1 Å². The molecule has 2 aromatic heterocycles. The molecule has 3 nitrogen and oxygen atoms in total. The van der Waals surface area contributed by atoms with Gasteiger partial charge in [0, 0.05) is 22.8 Å². The second-order valence-corrected chi connectivity index (χ2v) is 3.67. The van der Waals surface area contributed by atoms with E-state index in [0.717, 1.165) is 22.3 Å². The van der Waals surface area contributed by atoms with Gasteiger partial charge in [0.1, 0.15) is 11.4 Å². The predicted molar refractivity (Wildman–Crippen MR) is 63.2 cm³/mol. The lowest BCUT2D eigenvalue weighted by Gasteiger charge is -1.97. The molecule has 3 aromatic rings. The summed E-state index contributed by atoms with van der Waals surface area (Å²) in [6.45, 7) is 0. The van der Waals surface area contributed by atoms with Gasteiger partial charge in [0.25, 0.3) is 0 Å². The van der Waals surface area contributed by atoms with Crippen molar-refractivity contribution in [2.24, 2.45) is 0 Å². The first-order valence-corrected chi connectivity index (χ1v) is 5.06. The van der Waals surface area contributed by atoms with E-state index in [1.165, 1.54) is 0 Å². The molecule has 0 spiro atoms. The second kappa shape index (κ2) is 3.38. The SMILES string of the molecule is Oc1cccc(-c2cc3cccnc3[nH]2)c1. The van der Waals surface area contributed by atoms with Crippen LogP contribution >= 0.6 is 0 Å². The average molecular weight is 210 g/mol. The van der Waals surface area contributed by atoms with Crippen molar-refractivity contribution in [2.45, 2.75) is 0 Å². The molecule has 0 aliphatic rings. The summed E-state index contributed by atoms with van der Waals surface area (Å²) in [5.74, 6) is 0.268. The van der Waals surface area contributed by atoms with Gasteiger partial charge in [0.2, 0.25) is 0 Å². The average Bonchev–Trinajstić information content (AvgIpc) is 2.72. The van der Waals surface area contributed by atoms with Crippen LogP contribution in [0, 0.1) is 0 Å². The lowest BCUT2D eigenvalue weighted by atomic mass is 10.1. The molecule has 2 N–H and O–H groups in total. The Bertz CT molecular complexity index is 610. The van der Waals surface area contributed by atoms with Crippen molar-refractivity contribution < 1.29 is 5.11 Å². The molecule has 0 aliphatic carbocycles. The standard InChI is InChI=1S/C13H10N2O/c16-11-5-1-3-9(7-11)12-8-10-4-2-6-14-13(10)15-12/h1-8,16H,(H,14,15). The van der Waals surface area contributed by atoms with Crippen molar-refractivity contribution in [2.75, 3.05) is 0 Å². The molecule has 0 bridgehead atoms. The van der Waals surface area contributed by atoms with Crippen molar-refractivity contribution in [3.05, 3.63) is 48.7 Å². The highest BCUT2D eigenvalue weighted by Gasteiger charge is 2.03. The zero-order chi connectivity index (χ0) is 11.0. The first-order chi connectivity index (χ1) is 7.83. The number of aromatic nitrogens is 2. The summed E-state index contributed by atoms with van der Waals surface area (Å²) in [6.07, 6.45) is 1.76. The Labute approximate surface area is 92.4 Å². The molecule has 2 heterocycles. The van der Waals surface area contributed by atoms with E-state index in [2.05, 4.69) is 9.97 Å². The van der Waals surface area contributed by atoms with Crippen LogP contribution in [0.5, 0.6) is 5.75 Å². The van der Waals surface area contributed by atoms with Gasteiger partial charge in [0.15, 0.2) is 0 Å². The number of aromatic amines is 1. The molecule has 0 fully saturated rings. The number of phenols is 1.